The molecule has 3 aliphatic heterocycles. The highest BCUT2D eigenvalue weighted by atomic mass is 32.2. The summed E-state index contributed by atoms with van der Waals surface area (Å²) in [6.45, 7) is 10.1. The monoisotopic (exact) mass is 946 g/mol. The number of allylic oxidation sites excluding steroid dienone is 1. The van der Waals surface area contributed by atoms with Crippen LogP contribution in [-0.4, -0.2) is 119 Å². The minimum absolute atomic E-state index is 0.00443. The van der Waals surface area contributed by atoms with E-state index in [4.69, 9.17) is 28.9 Å². The number of benzene rings is 2. The molecule has 0 radical (unpaired) electrons. The first-order chi connectivity index (χ1) is 31.3. The zero-order valence-electron chi connectivity index (χ0n) is 38.3. The van der Waals surface area contributed by atoms with Crippen molar-refractivity contribution in [1.29, 1.82) is 0 Å². The molecule has 5 heterocycles. The van der Waals surface area contributed by atoms with Crippen molar-refractivity contribution in [3.8, 4) is 39.3 Å². The number of fused-ring (bicyclic) bond motifs is 4. The molecule has 1 saturated heterocycles. The van der Waals surface area contributed by atoms with Crippen LogP contribution in [0.25, 0.3) is 32.9 Å². The van der Waals surface area contributed by atoms with Crippen molar-refractivity contribution in [1.82, 2.24) is 39.1 Å². The Hall–Kier alpha value is -5.73. The molecule has 1 aliphatic carbocycles. The molecule has 0 spiro atoms. The Balaban J connectivity index is 1.11. The molecule has 66 heavy (non-hydrogen) atoms. The molecule has 1 saturated carbocycles. The van der Waals surface area contributed by atoms with Gasteiger partial charge in [0.05, 0.1) is 17.8 Å². The number of carbonyl (C=O) groups excluding carboxylic acids is 4. The second kappa shape index (κ2) is 18.5. The minimum Gasteiger partial charge on any atom is -0.486 e. The molecule has 4 aromatic rings. The second-order valence-corrected chi connectivity index (χ2v) is 21.4. The van der Waals surface area contributed by atoms with E-state index in [1.807, 2.05) is 72.3 Å². The quantitative estimate of drug-likeness (QED) is 0.172. The Morgan fingerprint density at radius 2 is 1.82 bits per heavy atom. The van der Waals surface area contributed by atoms with Gasteiger partial charge >= 0.3 is 16.3 Å². The van der Waals surface area contributed by atoms with E-state index in [0.717, 1.165) is 44.5 Å². The molecule has 4 amide bonds. The normalized spacial score (nSPS) is 24.2. The number of alkyl carbamates (subject to hydrolysis) is 1. The van der Waals surface area contributed by atoms with Crippen molar-refractivity contribution >= 4 is 56.4 Å². The maximum Gasteiger partial charge on any atom is 0.408 e. The average molecular weight is 947 g/mol. The first-order valence-electron chi connectivity index (χ1n) is 22.4. The summed E-state index contributed by atoms with van der Waals surface area (Å²) in [6.07, 6.45) is 5.45. The number of nitrogens with one attached hydrogen (secondary N) is 3. The van der Waals surface area contributed by atoms with Crippen LogP contribution in [0.2, 0.25) is 0 Å². The van der Waals surface area contributed by atoms with E-state index >= 15 is 0 Å². The maximum absolute atomic E-state index is 14.8. The van der Waals surface area contributed by atoms with Gasteiger partial charge in [0.1, 0.15) is 53.1 Å². The summed E-state index contributed by atoms with van der Waals surface area (Å²) >= 11 is 1.48. The van der Waals surface area contributed by atoms with Crippen LogP contribution in [0.5, 0.6) is 17.5 Å². The number of hydrogen-bond acceptors (Lipinski definition) is 13. The fourth-order valence-electron chi connectivity index (χ4n) is 8.65. The largest absolute Gasteiger partial charge is 0.486 e. The van der Waals surface area contributed by atoms with Gasteiger partial charge in [-0.2, -0.15) is 17.7 Å². The molecule has 4 aliphatic rings. The van der Waals surface area contributed by atoms with Crippen LogP contribution in [-0.2, 0) is 29.3 Å². The zero-order chi connectivity index (χ0) is 47.1. The maximum atomic E-state index is 14.8. The highest BCUT2D eigenvalue weighted by molar-refractivity contribution is 7.87. The van der Waals surface area contributed by atoms with Gasteiger partial charge in [-0.15, -0.1) is 11.3 Å². The number of thiazole rings is 1. The third-order valence-corrected chi connectivity index (χ3v) is 14.4. The molecule has 2 aromatic carbocycles. The van der Waals surface area contributed by atoms with Crippen molar-refractivity contribution in [2.24, 2.45) is 5.92 Å². The van der Waals surface area contributed by atoms with Gasteiger partial charge < -0.3 is 34.5 Å². The van der Waals surface area contributed by atoms with E-state index in [0.29, 0.717) is 43.1 Å². The molecule has 20 heteroatoms. The number of rotatable bonds is 9. The van der Waals surface area contributed by atoms with Crippen LogP contribution >= 0.6 is 11.3 Å². The smallest absolute Gasteiger partial charge is 0.408 e. The number of aromatic nitrogens is 3. The van der Waals surface area contributed by atoms with Crippen molar-refractivity contribution in [3.63, 3.8) is 0 Å². The summed E-state index contributed by atoms with van der Waals surface area (Å²) in [5, 5.41) is 8.38. The Bertz CT molecular complexity index is 2650. The minimum atomic E-state index is -4.20. The van der Waals surface area contributed by atoms with Crippen molar-refractivity contribution < 1.29 is 46.5 Å². The Morgan fingerprint density at radius 1 is 1.05 bits per heavy atom. The van der Waals surface area contributed by atoms with E-state index in [1.165, 1.54) is 30.3 Å². The third-order valence-electron chi connectivity index (χ3n) is 12.1. The summed E-state index contributed by atoms with van der Waals surface area (Å²) in [7, 11) is -1.61. The van der Waals surface area contributed by atoms with Crippen LogP contribution in [0.3, 0.4) is 0 Å². The lowest BCUT2D eigenvalue weighted by Crippen LogP contribution is -2.58. The Labute approximate surface area is 388 Å². The third kappa shape index (κ3) is 9.85. The molecule has 18 nitrogen and oxygen atoms in total. The predicted molar refractivity (Wildman–Crippen MR) is 247 cm³/mol. The fourth-order valence-corrected chi connectivity index (χ4v) is 10.1. The molecule has 2 aromatic heterocycles. The molecule has 0 bridgehead atoms. The van der Waals surface area contributed by atoms with E-state index in [1.54, 1.807) is 20.8 Å². The summed E-state index contributed by atoms with van der Waals surface area (Å²) in [5.41, 5.74) is 1.48. The van der Waals surface area contributed by atoms with Gasteiger partial charge in [0.25, 0.3) is 11.9 Å². The molecular formula is C46H58N8O10S2. The first kappa shape index (κ1) is 46.8. The SMILES string of the molecule is CC(C)n1c(O[C@@H]2C[C@H]3C(=O)N[C@]4(C(=O)NS(=O)(=O)N(C)C)C[C@H]4/C=C\CCCCC[C@H](NC(=O)OC(C)(C)C)C(=O)N3C2)nc2c(-c3nc(-c4ccc5c(c4)OCCO5)cs3)cccc21. The number of para-hydroxylation sites is 1. The fraction of sp³-hybridized carbons (Fsp3) is 0.522. The van der Waals surface area contributed by atoms with Crippen LogP contribution in [0.1, 0.15) is 85.6 Å². The standard InChI is InChI=1S/C46H58N8O10S2/c1-27(2)54-34-17-13-15-31(40-47-33(26-65-40)28-18-19-36-37(22-28)62-21-20-61-36)38(34)49-43(54)63-30-23-35-39(55)50-46(42(57)51-66(59,60)52(6)7)24-29(46)14-11-9-8-10-12-16-32(41(56)53(35)25-30)48-44(58)64-45(3,4)5/h11,13-15,17-19,22,26-27,29-30,32,35H,8-10,12,16,20-21,23-25H2,1-7H3,(H,48,58)(H,50,55)(H,51,57)/b14-11-/t29-,30-,32+,35+,46-/m1/s1. The number of hydrogen-bond donors (Lipinski definition) is 3. The molecular weight excluding hydrogens is 889 g/mol. The lowest BCUT2D eigenvalue weighted by molar-refractivity contribution is -0.141. The summed E-state index contributed by atoms with van der Waals surface area (Å²) in [5.74, 6) is -1.18. The first-order valence-corrected chi connectivity index (χ1v) is 24.7. The number of amides is 4. The van der Waals surface area contributed by atoms with Crippen LogP contribution in [0.15, 0.2) is 53.9 Å². The van der Waals surface area contributed by atoms with Gasteiger partial charge in [-0.25, -0.2) is 14.5 Å². The van der Waals surface area contributed by atoms with Gasteiger partial charge in [0.15, 0.2) is 11.5 Å². The second-order valence-electron chi connectivity index (χ2n) is 18.7. The summed E-state index contributed by atoms with van der Waals surface area (Å²) < 4.78 is 54.5. The Morgan fingerprint density at radius 3 is 2.56 bits per heavy atom. The Kier molecular flexibility index (Phi) is 13.1. The highest BCUT2D eigenvalue weighted by Gasteiger charge is 2.62. The van der Waals surface area contributed by atoms with Gasteiger partial charge in [0.2, 0.25) is 11.8 Å². The van der Waals surface area contributed by atoms with E-state index in [2.05, 4.69) is 15.4 Å². The number of nitrogens with zero attached hydrogens (tertiary/aromatic N) is 5. The number of carbonyl (C=O) groups is 4. The van der Waals surface area contributed by atoms with Crippen molar-refractivity contribution in [2.75, 3.05) is 33.9 Å². The lowest BCUT2D eigenvalue weighted by Gasteiger charge is -2.30. The highest BCUT2D eigenvalue weighted by Crippen LogP contribution is 2.46. The van der Waals surface area contributed by atoms with Crippen molar-refractivity contribution in [3.05, 3.63) is 53.9 Å². The molecule has 5 atom stereocenters. The van der Waals surface area contributed by atoms with Crippen LogP contribution in [0, 0.1) is 5.92 Å². The lowest BCUT2D eigenvalue weighted by atomic mass is 10.0. The van der Waals surface area contributed by atoms with Crippen LogP contribution < -0.4 is 29.6 Å². The van der Waals surface area contributed by atoms with Crippen LogP contribution in [0.4, 0.5) is 4.79 Å². The van der Waals surface area contributed by atoms with E-state index in [-0.39, 0.29) is 37.9 Å². The van der Waals surface area contributed by atoms with Gasteiger partial charge in [-0.1, -0.05) is 31.1 Å². The average Bonchev–Trinajstić information content (AvgIpc) is 3.60. The molecule has 8 rings (SSSR count). The van der Waals surface area contributed by atoms with E-state index in [9.17, 15) is 27.6 Å². The van der Waals surface area contributed by atoms with Gasteiger partial charge in [0, 0.05) is 49.0 Å². The van der Waals surface area contributed by atoms with Crippen molar-refractivity contribution in [2.45, 2.75) is 115 Å². The van der Waals surface area contributed by atoms with Gasteiger partial charge in [-0.3, -0.25) is 19.0 Å². The number of ether oxygens (including phenoxy) is 4. The zero-order valence-corrected chi connectivity index (χ0v) is 39.9. The van der Waals surface area contributed by atoms with Gasteiger partial charge in [-0.05, 0) is 90.6 Å². The molecule has 2 fully saturated rings. The number of imidazole rings is 1. The molecule has 354 valence electrons. The summed E-state index contributed by atoms with van der Waals surface area (Å²) in [6, 6.07) is 9.55. The molecule has 3 N–H and O–H groups in total. The topological polar surface area (TPSA) is 213 Å². The molecule has 0 unspecified atom stereocenters. The summed E-state index contributed by atoms with van der Waals surface area (Å²) in [4.78, 5) is 67.9. The van der Waals surface area contributed by atoms with E-state index < -0.39 is 69.3 Å². The predicted octanol–water partition coefficient (Wildman–Crippen LogP) is 5.74.